The smallest absolute Gasteiger partial charge is 0.0372 e. The SMILES string of the molecule is Cc1cc(CN)ccc1NC1CC1. The molecule has 1 aromatic carbocycles. The van der Waals surface area contributed by atoms with E-state index in [1.165, 1.54) is 29.7 Å². The second-order valence-corrected chi connectivity index (χ2v) is 3.77. The molecule has 2 heteroatoms. The number of aryl methyl sites for hydroxylation is 1. The molecule has 0 aliphatic heterocycles. The summed E-state index contributed by atoms with van der Waals surface area (Å²) < 4.78 is 0. The zero-order valence-electron chi connectivity index (χ0n) is 8.01. The van der Waals surface area contributed by atoms with Gasteiger partial charge in [0.15, 0.2) is 0 Å². The molecule has 0 bridgehead atoms. The summed E-state index contributed by atoms with van der Waals surface area (Å²) in [5.74, 6) is 0. The van der Waals surface area contributed by atoms with E-state index < -0.39 is 0 Å². The number of hydrogen-bond acceptors (Lipinski definition) is 2. The maximum absolute atomic E-state index is 5.56. The second-order valence-electron chi connectivity index (χ2n) is 3.77. The minimum Gasteiger partial charge on any atom is -0.382 e. The number of nitrogens with one attached hydrogen (secondary N) is 1. The molecule has 1 aliphatic carbocycles. The molecule has 1 saturated carbocycles. The van der Waals surface area contributed by atoms with Gasteiger partial charge in [0.1, 0.15) is 0 Å². The summed E-state index contributed by atoms with van der Waals surface area (Å²) in [6.07, 6.45) is 2.64. The Kier molecular flexibility index (Phi) is 2.23. The molecule has 1 fully saturated rings. The van der Waals surface area contributed by atoms with Gasteiger partial charge in [-0.1, -0.05) is 12.1 Å². The molecule has 1 aromatic rings. The van der Waals surface area contributed by atoms with Crippen molar-refractivity contribution in [1.29, 1.82) is 0 Å². The predicted octanol–water partition coefficient (Wildman–Crippen LogP) is 2.03. The summed E-state index contributed by atoms with van der Waals surface area (Å²) in [7, 11) is 0. The number of hydrogen-bond donors (Lipinski definition) is 2. The zero-order chi connectivity index (χ0) is 9.26. The summed E-state index contributed by atoms with van der Waals surface area (Å²) in [5.41, 5.74) is 9.33. The quantitative estimate of drug-likeness (QED) is 0.739. The summed E-state index contributed by atoms with van der Waals surface area (Å²) in [6.45, 7) is 2.76. The largest absolute Gasteiger partial charge is 0.382 e. The van der Waals surface area contributed by atoms with E-state index in [0.29, 0.717) is 6.54 Å². The Labute approximate surface area is 79.1 Å². The van der Waals surface area contributed by atoms with Crippen molar-refractivity contribution in [3.8, 4) is 0 Å². The van der Waals surface area contributed by atoms with Crippen LogP contribution in [0.1, 0.15) is 24.0 Å². The highest BCUT2D eigenvalue weighted by Crippen LogP contribution is 2.26. The van der Waals surface area contributed by atoms with Crippen LogP contribution in [0.2, 0.25) is 0 Å². The van der Waals surface area contributed by atoms with Crippen molar-refractivity contribution in [3.05, 3.63) is 29.3 Å². The average molecular weight is 176 g/mol. The lowest BCUT2D eigenvalue weighted by Crippen LogP contribution is -2.04. The van der Waals surface area contributed by atoms with Gasteiger partial charge in [0, 0.05) is 18.3 Å². The molecular weight excluding hydrogens is 160 g/mol. The van der Waals surface area contributed by atoms with Crippen LogP contribution in [0.3, 0.4) is 0 Å². The number of nitrogens with two attached hydrogens (primary N) is 1. The lowest BCUT2D eigenvalue weighted by atomic mass is 10.1. The van der Waals surface area contributed by atoms with Crippen LogP contribution in [0.4, 0.5) is 5.69 Å². The fourth-order valence-electron chi connectivity index (χ4n) is 1.46. The average Bonchev–Trinajstić information content (AvgIpc) is 2.92. The van der Waals surface area contributed by atoms with E-state index in [4.69, 9.17) is 5.73 Å². The third-order valence-corrected chi connectivity index (χ3v) is 2.46. The second kappa shape index (κ2) is 3.38. The molecule has 3 N–H and O–H groups in total. The van der Waals surface area contributed by atoms with Crippen LogP contribution in [0.5, 0.6) is 0 Å². The lowest BCUT2D eigenvalue weighted by Gasteiger charge is -2.09. The summed E-state index contributed by atoms with van der Waals surface area (Å²) >= 11 is 0. The normalized spacial score (nSPS) is 15.8. The zero-order valence-corrected chi connectivity index (χ0v) is 8.01. The van der Waals surface area contributed by atoms with E-state index in [1.807, 2.05) is 0 Å². The highest BCUT2D eigenvalue weighted by molar-refractivity contribution is 5.53. The minimum atomic E-state index is 0.630. The molecule has 0 atom stereocenters. The fraction of sp³-hybridized carbons (Fsp3) is 0.455. The van der Waals surface area contributed by atoms with Crippen LogP contribution in [-0.4, -0.2) is 6.04 Å². The van der Waals surface area contributed by atoms with Crippen LogP contribution in [0.25, 0.3) is 0 Å². The van der Waals surface area contributed by atoms with Crippen molar-refractivity contribution in [2.45, 2.75) is 32.4 Å². The van der Waals surface area contributed by atoms with E-state index in [0.717, 1.165) is 6.04 Å². The Hall–Kier alpha value is -1.02. The van der Waals surface area contributed by atoms with Crippen molar-refractivity contribution < 1.29 is 0 Å². The Bertz CT molecular complexity index is 303. The molecule has 0 aromatic heterocycles. The highest BCUT2D eigenvalue weighted by Gasteiger charge is 2.21. The van der Waals surface area contributed by atoms with Gasteiger partial charge in [0.05, 0.1) is 0 Å². The maximum Gasteiger partial charge on any atom is 0.0372 e. The topological polar surface area (TPSA) is 38.0 Å². The summed E-state index contributed by atoms with van der Waals surface area (Å²) in [4.78, 5) is 0. The Morgan fingerprint density at radius 3 is 2.77 bits per heavy atom. The van der Waals surface area contributed by atoms with Crippen molar-refractivity contribution in [3.63, 3.8) is 0 Å². The molecule has 0 heterocycles. The molecule has 0 spiro atoms. The Morgan fingerprint density at radius 2 is 2.23 bits per heavy atom. The molecular formula is C11H16N2. The van der Waals surface area contributed by atoms with Gasteiger partial charge in [0.2, 0.25) is 0 Å². The molecule has 0 radical (unpaired) electrons. The monoisotopic (exact) mass is 176 g/mol. The summed E-state index contributed by atoms with van der Waals surface area (Å²) in [6, 6.07) is 7.11. The fourth-order valence-corrected chi connectivity index (χ4v) is 1.46. The minimum absolute atomic E-state index is 0.630. The van der Waals surface area contributed by atoms with Crippen molar-refractivity contribution in [2.75, 3.05) is 5.32 Å². The lowest BCUT2D eigenvalue weighted by molar-refractivity contribution is 1.06. The van der Waals surface area contributed by atoms with Gasteiger partial charge in [-0.2, -0.15) is 0 Å². The Balaban J connectivity index is 2.15. The van der Waals surface area contributed by atoms with E-state index in [1.54, 1.807) is 0 Å². The van der Waals surface area contributed by atoms with Gasteiger partial charge in [-0.15, -0.1) is 0 Å². The van der Waals surface area contributed by atoms with Crippen LogP contribution >= 0.6 is 0 Å². The van der Waals surface area contributed by atoms with Gasteiger partial charge in [0.25, 0.3) is 0 Å². The molecule has 2 nitrogen and oxygen atoms in total. The van der Waals surface area contributed by atoms with Gasteiger partial charge in [-0.05, 0) is 37.0 Å². The van der Waals surface area contributed by atoms with Crippen molar-refractivity contribution in [2.24, 2.45) is 5.73 Å². The molecule has 13 heavy (non-hydrogen) atoms. The van der Waals surface area contributed by atoms with E-state index >= 15 is 0 Å². The third kappa shape index (κ3) is 2.01. The first-order valence-electron chi connectivity index (χ1n) is 4.86. The van der Waals surface area contributed by atoms with Gasteiger partial charge >= 0.3 is 0 Å². The molecule has 0 amide bonds. The van der Waals surface area contributed by atoms with E-state index in [9.17, 15) is 0 Å². The first kappa shape index (κ1) is 8.57. The van der Waals surface area contributed by atoms with Gasteiger partial charge < -0.3 is 11.1 Å². The van der Waals surface area contributed by atoms with Crippen LogP contribution < -0.4 is 11.1 Å². The molecule has 0 saturated heterocycles. The van der Waals surface area contributed by atoms with E-state index in [2.05, 4.69) is 30.4 Å². The first-order valence-corrected chi connectivity index (χ1v) is 4.86. The molecule has 1 aliphatic rings. The van der Waals surface area contributed by atoms with Crippen LogP contribution in [0, 0.1) is 6.92 Å². The standard InChI is InChI=1S/C11H16N2/c1-8-6-9(7-12)2-5-11(8)13-10-3-4-10/h2,5-6,10,13H,3-4,7,12H2,1H3. The van der Waals surface area contributed by atoms with Crippen LogP contribution in [-0.2, 0) is 6.54 Å². The third-order valence-electron chi connectivity index (χ3n) is 2.46. The van der Waals surface area contributed by atoms with E-state index in [-0.39, 0.29) is 0 Å². The molecule has 70 valence electrons. The highest BCUT2D eigenvalue weighted by atomic mass is 15.0. The predicted molar refractivity (Wildman–Crippen MR) is 55.7 cm³/mol. The molecule has 2 rings (SSSR count). The van der Waals surface area contributed by atoms with Gasteiger partial charge in [-0.3, -0.25) is 0 Å². The van der Waals surface area contributed by atoms with Crippen molar-refractivity contribution in [1.82, 2.24) is 0 Å². The molecule has 0 unspecified atom stereocenters. The number of rotatable bonds is 3. The van der Waals surface area contributed by atoms with Gasteiger partial charge in [-0.25, -0.2) is 0 Å². The first-order chi connectivity index (χ1) is 6.29. The van der Waals surface area contributed by atoms with Crippen LogP contribution in [0.15, 0.2) is 18.2 Å². The summed E-state index contributed by atoms with van der Waals surface area (Å²) in [5, 5.41) is 3.49. The Morgan fingerprint density at radius 1 is 1.46 bits per heavy atom. The number of benzene rings is 1. The number of anilines is 1. The maximum atomic E-state index is 5.56. The van der Waals surface area contributed by atoms with Crippen molar-refractivity contribution >= 4 is 5.69 Å².